The predicted molar refractivity (Wildman–Crippen MR) is 90.1 cm³/mol. The van der Waals surface area contributed by atoms with Gasteiger partial charge in [-0.05, 0) is 42.5 Å². The van der Waals surface area contributed by atoms with Gasteiger partial charge in [-0.3, -0.25) is 4.79 Å². The molecule has 1 aliphatic rings. The van der Waals surface area contributed by atoms with E-state index < -0.39 is 0 Å². The summed E-state index contributed by atoms with van der Waals surface area (Å²) < 4.78 is 2.41. The highest BCUT2D eigenvalue weighted by atomic mass is 16.1. The molecule has 4 nitrogen and oxygen atoms in total. The fourth-order valence-electron chi connectivity index (χ4n) is 3.41. The van der Waals surface area contributed by atoms with Gasteiger partial charge in [0.15, 0.2) is 0 Å². The average molecular weight is 299 g/mol. The summed E-state index contributed by atoms with van der Waals surface area (Å²) in [6.45, 7) is 5.74. The lowest BCUT2D eigenvalue weighted by atomic mass is 10.0. The summed E-state index contributed by atoms with van der Waals surface area (Å²) in [5, 5.41) is 3.96. The SMILES string of the molecule is CCN1CCC(n2ccc3ccc(CC(=O)NC)cc32)CC1. The fraction of sp³-hybridized carbons (Fsp3) is 0.500. The molecule has 0 atom stereocenters. The highest BCUT2D eigenvalue weighted by Crippen LogP contribution is 2.28. The van der Waals surface area contributed by atoms with Crippen LogP contribution < -0.4 is 5.32 Å². The number of hydrogen-bond acceptors (Lipinski definition) is 2. The van der Waals surface area contributed by atoms with Crippen molar-refractivity contribution in [3.63, 3.8) is 0 Å². The van der Waals surface area contributed by atoms with Gasteiger partial charge in [-0.15, -0.1) is 0 Å². The number of hydrogen-bond donors (Lipinski definition) is 1. The number of amides is 1. The molecule has 1 saturated heterocycles. The van der Waals surface area contributed by atoms with Gasteiger partial charge in [-0.25, -0.2) is 0 Å². The van der Waals surface area contributed by atoms with Crippen molar-refractivity contribution in [1.82, 2.24) is 14.8 Å². The van der Waals surface area contributed by atoms with Crippen LogP contribution in [0.15, 0.2) is 30.5 Å². The number of aromatic nitrogens is 1. The molecule has 0 spiro atoms. The van der Waals surface area contributed by atoms with E-state index in [2.05, 4.69) is 52.2 Å². The smallest absolute Gasteiger partial charge is 0.224 e. The summed E-state index contributed by atoms with van der Waals surface area (Å²) in [7, 11) is 1.69. The lowest BCUT2D eigenvalue weighted by Gasteiger charge is -2.32. The van der Waals surface area contributed by atoms with Gasteiger partial charge in [0.25, 0.3) is 0 Å². The van der Waals surface area contributed by atoms with Crippen molar-refractivity contribution in [2.45, 2.75) is 32.2 Å². The van der Waals surface area contributed by atoms with E-state index >= 15 is 0 Å². The summed E-state index contributed by atoms with van der Waals surface area (Å²) in [5.41, 5.74) is 2.34. The highest BCUT2D eigenvalue weighted by Gasteiger charge is 2.20. The first-order chi connectivity index (χ1) is 10.7. The molecule has 3 rings (SSSR count). The monoisotopic (exact) mass is 299 g/mol. The maximum atomic E-state index is 11.6. The Labute approximate surface area is 132 Å². The van der Waals surface area contributed by atoms with Crippen molar-refractivity contribution >= 4 is 16.8 Å². The molecule has 0 saturated carbocycles. The second-order valence-electron chi connectivity index (χ2n) is 6.13. The van der Waals surface area contributed by atoms with Crippen molar-refractivity contribution < 1.29 is 4.79 Å². The molecule has 1 amide bonds. The van der Waals surface area contributed by atoms with Gasteiger partial charge < -0.3 is 14.8 Å². The number of nitrogens with one attached hydrogen (secondary N) is 1. The van der Waals surface area contributed by atoms with Crippen LogP contribution in [0.3, 0.4) is 0 Å². The third-order valence-electron chi connectivity index (χ3n) is 4.83. The van der Waals surface area contributed by atoms with Crippen LogP contribution in [0.1, 0.15) is 31.4 Å². The van der Waals surface area contributed by atoms with E-state index in [0.717, 1.165) is 12.1 Å². The molecule has 1 aliphatic heterocycles. The Bertz CT molecular complexity index is 653. The number of likely N-dealkylation sites (tertiary alicyclic amines) is 1. The van der Waals surface area contributed by atoms with E-state index in [4.69, 9.17) is 0 Å². The number of rotatable bonds is 4. The molecule has 22 heavy (non-hydrogen) atoms. The van der Waals surface area contributed by atoms with Crippen LogP contribution in [-0.4, -0.2) is 42.1 Å². The molecular formula is C18H25N3O. The first-order valence-electron chi connectivity index (χ1n) is 8.23. The summed E-state index contributed by atoms with van der Waals surface area (Å²) in [6, 6.07) is 9.13. The fourth-order valence-corrected chi connectivity index (χ4v) is 3.41. The summed E-state index contributed by atoms with van der Waals surface area (Å²) in [4.78, 5) is 14.1. The van der Waals surface area contributed by atoms with Gasteiger partial charge in [0.2, 0.25) is 5.91 Å². The molecule has 2 aromatic rings. The third kappa shape index (κ3) is 3.02. The van der Waals surface area contributed by atoms with Crippen molar-refractivity contribution in [2.75, 3.05) is 26.7 Å². The molecule has 1 aromatic heterocycles. The van der Waals surface area contributed by atoms with Crippen molar-refractivity contribution in [1.29, 1.82) is 0 Å². The summed E-state index contributed by atoms with van der Waals surface area (Å²) in [5.74, 6) is 0.0636. The topological polar surface area (TPSA) is 37.3 Å². The first-order valence-corrected chi connectivity index (χ1v) is 8.23. The standard InChI is InChI=1S/C18H25N3O/c1-3-20-9-7-16(8-10-20)21-11-6-15-5-4-14(12-17(15)21)13-18(22)19-2/h4-6,11-12,16H,3,7-10,13H2,1-2H3,(H,19,22). The molecule has 118 valence electrons. The summed E-state index contributed by atoms with van der Waals surface area (Å²) >= 11 is 0. The molecule has 0 unspecified atom stereocenters. The normalized spacial score (nSPS) is 17.0. The first kappa shape index (κ1) is 15.1. The number of likely N-dealkylation sites (N-methyl/N-ethyl adjacent to an activating group) is 1. The van der Waals surface area contributed by atoms with Gasteiger partial charge in [0.1, 0.15) is 0 Å². The Hall–Kier alpha value is -1.81. The minimum absolute atomic E-state index is 0.0636. The largest absolute Gasteiger partial charge is 0.359 e. The quantitative estimate of drug-likeness (QED) is 0.942. The van der Waals surface area contributed by atoms with Crippen LogP contribution in [-0.2, 0) is 11.2 Å². The number of nitrogens with zero attached hydrogens (tertiary/aromatic N) is 2. The van der Waals surface area contributed by atoms with Gasteiger partial charge in [-0.2, -0.15) is 0 Å². The Balaban J connectivity index is 1.84. The van der Waals surface area contributed by atoms with Crippen LogP contribution in [0.4, 0.5) is 0 Å². The van der Waals surface area contributed by atoms with Gasteiger partial charge in [-0.1, -0.05) is 19.1 Å². The van der Waals surface area contributed by atoms with E-state index in [-0.39, 0.29) is 5.91 Å². The molecule has 1 fully saturated rings. The molecular weight excluding hydrogens is 274 g/mol. The number of fused-ring (bicyclic) bond motifs is 1. The summed E-state index contributed by atoms with van der Waals surface area (Å²) in [6.07, 6.45) is 5.07. The maximum Gasteiger partial charge on any atom is 0.224 e. The average Bonchev–Trinajstić information content (AvgIpc) is 2.98. The highest BCUT2D eigenvalue weighted by molar-refractivity contribution is 5.84. The lowest BCUT2D eigenvalue weighted by molar-refractivity contribution is -0.119. The van der Waals surface area contributed by atoms with Crippen LogP contribution in [0, 0.1) is 0 Å². The van der Waals surface area contributed by atoms with Gasteiger partial charge in [0.05, 0.1) is 6.42 Å². The zero-order chi connectivity index (χ0) is 15.5. The Morgan fingerprint density at radius 2 is 2.05 bits per heavy atom. The van der Waals surface area contributed by atoms with Gasteiger partial charge in [0, 0.05) is 37.9 Å². The lowest BCUT2D eigenvalue weighted by Crippen LogP contribution is -2.34. The number of carbonyl (C=O) groups excluding carboxylic acids is 1. The predicted octanol–water partition coefficient (Wildman–Crippen LogP) is 2.59. The number of benzene rings is 1. The molecule has 0 bridgehead atoms. The number of carbonyl (C=O) groups is 1. The van der Waals surface area contributed by atoms with Crippen molar-refractivity contribution in [3.8, 4) is 0 Å². The van der Waals surface area contributed by atoms with E-state index in [9.17, 15) is 4.79 Å². The van der Waals surface area contributed by atoms with Gasteiger partial charge >= 0.3 is 0 Å². The molecule has 0 aliphatic carbocycles. The van der Waals surface area contributed by atoms with Crippen LogP contribution >= 0.6 is 0 Å². The Kier molecular flexibility index (Phi) is 4.48. The number of piperidine rings is 1. The van der Waals surface area contributed by atoms with Crippen LogP contribution in [0.25, 0.3) is 10.9 Å². The zero-order valence-electron chi connectivity index (χ0n) is 13.5. The maximum absolute atomic E-state index is 11.6. The van der Waals surface area contributed by atoms with Crippen molar-refractivity contribution in [2.24, 2.45) is 0 Å². The van der Waals surface area contributed by atoms with E-state index in [1.54, 1.807) is 7.05 Å². The van der Waals surface area contributed by atoms with E-state index in [1.807, 2.05) is 0 Å². The van der Waals surface area contributed by atoms with Crippen LogP contribution in [0.5, 0.6) is 0 Å². The van der Waals surface area contributed by atoms with Crippen molar-refractivity contribution in [3.05, 3.63) is 36.0 Å². The second kappa shape index (κ2) is 6.53. The molecule has 1 aromatic carbocycles. The van der Waals surface area contributed by atoms with E-state index in [1.165, 1.54) is 36.8 Å². The Morgan fingerprint density at radius 1 is 1.27 bits per heavy atom. The van der Waals surface area contributed by atoms with Crippen LogP contribution in [0.2, 0.25) is 0 Å². The third-order valence-corrected chi connectivity index (χ3v) is 4.83. The molecule has 0 radical (unpaired) electrons. The molecule has 4 heteroatoms. The minimum atomic E-state index is 0.0636. The molecule has 2 heterocycles. The second-order valence-corrected chi connectivity index (χ2v) is 6.13. The minimum Gasteiger partial charge on any atom is -0.359 e. The Morgan fingerprint density at radius 3 is 2.73 bits per heavy atom. The van der Waals surface area contributed by atoms with E-state index in [0.29, 0.717) is 12.5 Å². The zero-order valence-corrected chi connectivity index (χ0v) is 13.5. The molecule has 1 N–H and O–H groups in total.